The Morgan fingerprint density at radius 2 is 2.00 bits per heavy atom. The zero-order valence-corrected chi connectivity index (χ0v) is 13.6. The number of alkyl halides is 3. The average molecular weight is 370 g/mol. The summed E-state index contributed by atoms with van der Waals surface area (Å²) < 4.78 is 46.0. The predicted octanol–water partition coefficient (Wildman–Crippen LogP) is 4.25. The normalized spacial score (nSPS) is 12.0. The van der Waals surface area contributed by atoms with E-state index in [1.54, 1.807) is 12.1 Å². The Labute approximate surface area is 130 Å². The van der Waals surface area contributed by atoms with Crippen molar-refractivity contribution < 1.29 is 22.6 Å². The van der Waals surface area contributed by atoms with Crippen LogP contribution in [0.3, 0.4) is 0 Å². The Bertz CT molecular complexity index is 439. The van der Waals surface area contributed by atoms with Crippen molar-refractivity contribution in [3.8, 4) is 5.75 Å². The number of rotatable bonds is 8. The molecular weight excluding hydrogens is 351 g/mol. The summed E-state index contributed by atoms with van der Waals surface area (Å²) in [5.74, 6) is -0.239. The molecule has 7 heteroatoms. The van der Waals surface area contributed by atoms with Crippen molar-refractivity contribution in [2.45, 2.75) is 39.3 Å². The van der Waals surface area contributed by atoms with Crippen molar-refractivity contribution >= 4 is 15.9 Å². The highest BCUT2D eigenvalue weighted by Gasteiger charge is 2.31. The van der Waals surface area contributed by atoms with Crippen LogP contribution >= 0.6 is 15.9 Å². The van der Waals surface area contributed by atoms with Gasteiger partial charge in [0.25, 0.3) is 0 Å². The van der Waals surface area contributed by atoms with E-state index >= 15 is 0 Å². The largest absolute Gasteiger partial charge is 0.573 e. The molecule has 0 aromatic heterocycles. The van der Waals surface area contributed by atoms with Crippen molar-refractivity contribution in [1.29, 1.82) is 0 Å². The van der Waals surface area contributed by atoms with Gasteiger partial charge in [-0.05, 0) is 60.4 Å². The first-order valence-corrected chi connectivity index (χ1v) is 7.43. The standard InChI is InChI=1S/C14H19BrF3NO2/c1-10(2)20-7-3-6-19-9-11-4-5-13(12(15)8-11)21-14(16,17)18/h4-5,8,10,19H,3,6-7,9H2,1-2H3. The molecule has 0 aliphatic heterocycles. The molecule has 0 heterocycles. The second kappa shape index (κ2) is 8.60. The SMILES string of the molecule is CC(C)OCCCNCc1ccc(OC(F)(F)F)c(Br)c1. The maximum absolute atomic E-state index is 12.1. The van der Waals surface area contributed by atoms with Gasteiger partial charge in [0.05, 0.1) is 10.6 Å². The van der Waals surface area contributed by atoms with Gasteiger partial charge in [0, 0.05) is 13.2 Å². The van der Waals surface area contributed by atoms with Crippen LogP contribution in [-0.4, -0.2) is 25.6 Å². The molecule has 0 radical (unpaired) electrons. The van der Waals surface area contributed by atoms with Crippen molar-refractivity contribution in [2.75, 3.05) is 13.2 Å². The molecule has 0 saturated heterocycles. The Morgan fingerprint density at radius 3 is 2.57 bits per heavy atom. The maximum Gasteiger partial charge on any atom is 0.573 e. The lowest BCUT2D eigenvalue weighted by Gasteiger charge is -2.12. The predicted molar refractivity (Wildman–Crippen MR) is 78.2 cm³/mol. The summed E-state index contributed by atoms with van der Waals surface area (Å²) in [6, 6.07) is 4.51. The summed E-state index contributed by atoms with van der Waals surface area (Å²) in [6.45, 7) is 6.01. The smallest absolute Gasteiger partial charge is 0.405 e. The van der Waals surface area contributed by atoms with Gasteiger partial charge >= 0.3 is 6.36 Å². The number of ether oxygens (including phenoxy) is 2. The molecule has 120 valence electrons. The van der Waals surface area contributed by atoms with Crippen molar-refractivity contribution in [3.05, 3.63) is 28.2 Å². The quantitative estimate of drug-likeness (QED) is 0.694. The number of benzene rings is 1. The second-order valence-corrected chi connectivity index (χ2v) is 5.62. The summed E-state index contributed by atoms with van der Waals surface area (Å²) in [7, 11) is 0. The van der Waals surface area contributed by atoms with E-state index in [0.717, 1.165) is 18.5 Å². The van der Waals surface area contributed by atoms with Gasteiger partial charge < -0.3 is 14.8 Å². The number of halogens is 4. The van der Waals surface area contributed by atoms with E-state index in [-0.39, 0.29) is 16.3 Å². The van der Waals surface area contributed by atoms with Crippen molar-refractivity contribution in [3.63, 3.8) is 0 Å². The molecule has 0 spiro atoms. The first kappa shape index (κ1) is 18.3. The van der Waals surface area contributed by atoms with Crippen LogP contribution < -0.4 is 10.1 Å². The van der Waals surface area contributed by atoms with Gasteiger partial charge in [0.1, 0.15) is 5.75 Å². The van der Waals surface area contributed by atoms with Crippen molar-refractivity contribution in [1.82, 2.24) is 5.32 Å². The Hall–Kier alpha value is -0.790. The van der Waals surface area contributed by atoms with Gasteiger partial charge in [-0.3, -0.25) is 0 Å². The molecule has 0 fully saturated rings. The number of nitrogens with one attached hydrogen (secondary N) is 1. The van der Waals surface area contributed by atoms with Gasteiger partial charge in [0.15, 0.2) is 0 Å². The minimum Gasteiger partial charge on any atom is -0.405 e. The van der Waals surface area contributed by atoms with Crippen LogP contribution in [0.15, 0.2) is 22.7 Å². The van der Waals surface area contributed by atoms with Crippen LogP contribution in [0, 0.1) is 0 Å². The van der Waals surface area contributed by atoms with Crippen LogP contribution in [0.25, 0.3) is 0 Å². The highest BCUT2D eigenvalue weighted by atomic mass is 79.9. The molecule has 0 aliphatic rings. The molecule has 1 N–H and O–H groups in total. The fourth-order valence-corrected chi connectivity index (χ4v) is 2.12. The summed E-state index contributed by atoms with van der Waals surface area (Å²) in [4.78, 5) is 0. The molecule has 0 saturated carbocycles. The van der Waals surface area contributed by atoms with Crippen LogP contribution in [0.5, 0.6) is 5.75 Å². The van der Waals surface area contributed by atoms with E-state index in [1.165, 1.54) is 6.07 Å². The Balaban J connectivity index is 2.35. The summed E-state index contributed by atoms with van der Waals surface area (Å²) in [5, 5.41) is 3.21. The van der Waals surface area contributed by atoms with E-state index in [1.807, 2.05) is 13.8 Å². The van der Waals surface area contributed by atoms with E-state index in [2.05, 4.69) is 26.0 Å². The fourth-order valence-electron chi connectivity index (χ4n) is 1.61. The first-order valence-electron chi connectivity index (χ1n) is 6.64. The highest BCUT2D eigenvalue weighted by Crippen LogP contribution is 2.30. The lowest BCUT2D eigenvalue weighted by molar-refractivity contribution is -0.274. The highest BCUT2D eigenvalue weighted by molar-refractivity contribution is 9.10. The van der Waals surface area contributed by atoms with Gasteiger partial charge in [-0.15, -0.1) is 13.2 Å². The molecule has 1 rings (SSSR count). The van der Waals surface area contributed by atoms with E-state index < -0.39 is 6.36 Å². The molecule has 1 aromatic carbocycles. The van der Waals surface area contributed by atoms with E-state index in [0.29, 0.717) is 13.2 Å². The number of hydrogen-bond donors (Lipinski definition) is 1. The number of hydrogen-bond acceptors (Lipinski definition) is 3. The summed E-state index contributed by atoms with van der Waals surface area (Å²) in [6.07, 6.45) is -3.57. The third kappa shape index (κ3) is 8.28. The second-order valence-electron chi connectivity index (χ2n) is 4.76. The molecule has 1 aromatic rings. The van der Waals surface area contributed by atoms with Crippen LogP contribution in [0.4, 0.5) is 13.2 Å². The zero-order chi connectivity index (χ0) is 15.9. The molecule has 0 unspecified atom stereocenters. The lowest BCUT2D eigenvalue weighted by Crippen LogP contribution is -2.18. The molecule has 21 heavy (non-hydrogen) atoms. The molecule has 0 atom stereocenters. The topological polar surface area (TPSA) is 30.5 Å². The first-order chi connectivity index (χ1) is 9.78. The molecule has 0 amide bonds. The minimum atomic E-state index is -4.68. The molecule has 3 nitrogen and oxygen atoms in total. The third-order valence-electron chi connectivity index (χ3n) is 2.50. The average Bonchev–Trinajstić information content (AvgIpc) is 2.35. The minimum absolute atomic E-state index is 0.224. The van der Waals surface area contributed by atoms with Crippen LogP contribution in [0.2, 0.25) is 0 Å². The Kier molecular flexibility index (Phi) is 7.48. The van der Waals surface area contributed by atoms with E-state index in [9.17, 15) is 13.2 Å². The van der Waals surface area contributed by atoms with E-state index in [4.69, 9.17) is 4.74 Å². The molecular formula is C14H19BrF3NO2. The van der Waals surface area contributed by atoms with Gasteiger partial charge in [-0.25, -0.2) is 0 Å². The monoisotopic (exact) mass is 369 g/mol. The van der Waals surface area contributed by atoms with Gasteiger partial charge in [-0.2, -0.15) is 0 Å². The fraction of sp³-hybridized carbons (Fsp3) is 0.571. The summed E-state index contributed by atoms with van der Waals surface area (Å²) in [5.41, 5.74) is 0.876. The molecule has 0 bridgehead atoms. The molecule has 0 aliphatic carbocycles. The van der Waals surface area contributed by atoms with Crippen LogP contribution in [0.1, 0.15) is 25.8 Å². The van der Waals surface area contributed by atoms with Crippen LogP contribution in [-0.2, 0) is 11.3 Å². The van der Waals surface area contributed by atoms with Gasteiger partial charge in [0.2, 0.25) is 0 Å². The summed E-state index contributed by atoms with van der Waals surface area (Å²) >= 11 is 3.08. The van der Waals surface area contributed by atoms with Gasteiger partial charge in [-0.1, -0.05) is 6.07 Å². The third-order valence-corrected chi connectivity index (χ3v) is 3.12. The maximum atomic E-state index is 12.1. The Morgan fingerprint density at radius 1 is 1.29 bits per heavy atom. The van der Waals surface area contributed by atoms with Crippen molar-refractivity contribution in [2.24, 2.45) is 0 Å². The lowest BCUT2D eigenvalue weighted by atomic mass is 10.2. The zero-order valence-electron chi connectivity index (χ0n) is 12.0.